The number of hydrogen-bond donors (Lipinski definition) is 2. The molecule has 1 fully saturated rings. The van der Waals surface area contributed by atoms with Gasteiger partial charge >= 0.3 is 5.97 Å². The largest absolute Gasteiger partial charge is 0.477 e. The lowest BCUT2D eigenvalue weighted by atomic mass is 9.96. The standard InChI is InChI=1S/C10H12N2O3/c11-7-4-5-8(10(13)14)12-9(7)15-6-2-1-3-6/h4-6H,1-3,11H2,(H,13,14). The molecule has 1 aliphatic carbocycles. The Hall–Kier alpha value is -1.78. The van der Waals surface area contributed by atoms with Crippen LogP contribution in [0, 0.1) is 0 Å². The van der Waals surface area contributed by atoms with E-state index < -0.39 is 5.97 Å². The predicted molar refractivity (Wildman–Crippen MR) is 53.9 cm³/mol. The van der Waals surface area contributed by atoms with Gasteiger partial charge < -0.3 is 15.6 Å². The Morgan fingerprint density at radius 1 is 1.53 bits per heavy atom. The summed E-state index contributed by atoms with van der Waals surface area (Å²) in [6.45, 7) is 0. The molecule has 0 radical (unpaired) electrons. The van der Waals surface area contributed by atoms with Crippen LogP contribution in [0.25, 0.3) is 0 Å². The molecule has 1 aromatic rings. The van der Waals surface area contributed by atoms with Gasteiger partial charge in [0, 0.05) is 0 Å². The highest BCUT2D eigenvalue weighted by atomic mass is 16.5. The van der Waals surface area contributed by atoms with Crippen LogP contribution in [0.2, 0.25) is 0 Å². The summed E-state index contributed by atoms with van der Waals surface area (Å²) in [5.74, 6) is -0.840. The van der Waals surface area contributed by atoms with Crippen LogP contribution in [0.1, 0.15) is 29.8 Å². The number of aromatic carboxylic acids is 1. The smallest absolute Gasteiger partial charge is 0.354 e. The topological polar surface area (TPSA) is 85.4 Å². The summed E-state index contributed by atoms with van der Waals surface area (Å²) in [5.41, 5.74) is 5.97. The van der Waals surface area contributed by atoms with Gasteiger partial charge in [-0.3, -0.25) is 0 Å². The monoisotopic (exact) mass is 208 g/mol. The molecule has 0 atom stereocenters. The minimum absolute atomic E-state index is 0.0430. The van der Waals surface area contributed by atoms with E-state index in [-0.39, 0.29) is 17.7 Å². The van der Waals surface area contributed by atoms with Crippen molar-refractivity contribution in [3.8, 4) is 5.88 Å². The Labute approximate surface area is 86.9 Å². The summed E-state index contributed by atoms with van der Waals surface area (Å²) in [4.78, 5) is 14.5. The van der Waals surface area contributed by atoms with E-state index in [1.807, 2.05) is 0 Å². The number of hydrogen-bond acceptors (Lipinski definition) is 4. The van der Waals surface area contributed by atoms with Crippen LogP contribution in [0.15, 0.2) is 12.1 Å². The fraction of sp³-hybridized carbons (Fsp3) is 0.400. The molecule has 3 N–H and O–H groups in total. The number of anilines is 1. The lowest BCUT2D eigenvalue weighted by molar-refractivity contribution is 0.0685. The van der Waals surface area contributed by atoms with Gasteiger partial charge in [0.05, 0.1) is 5.69 Å². The maximum absolute atomic E-state index is 10.7. The predicted octanol–water partition coefficient (Wildman–Crippen LogP) is 1.29. The van der Waals surface area contributed by atoms with E-state index in [1.54, 1.807) is 0 Å². The van der Waals surface area contributed by atoms with Crippen molar-refractivity contribution in [3.05, 3.63) is 17.8 Å². The fourth-order valence-electron chi connectivity index (χ4n) is 1.31. The zero-order chi connectivity index (χ0) is 10.8. The molecule has 0 unspecified atom stereocenters. The van der Waals surface area contributed by atoms with Crippen molar-refractivity contribution < 1.29 is 14.6 Å². The number of nitrogen functional groups attached to an aromatic ring is 1. The highest BCUT2D eigenvalue weighted by molar-refractivity contribution is 5.86. The lowest BCUT2D eigenvalue weighted by Gasteiger charge is -2.26. The molecule has 2 rings (SSSR count). The number of rotatable bonds is 3. The van der Waals surface area contributed by atoms with Gasteiger partial charge in [0.25, 0.3) is 0 Å². The number of ether oxygens (including phenoxy) is 1. The third kappa shape index (κ3) is 2.01. The van der Waals surface area contributed by atoms with Crippen molar-refractivity contribution in [3.63, 3.8) is 0 Å². The van der Waals surface area contributed by atoms with Gasteiger partial charge in [0.15, 0.2) is 5.69 Å². The van der Waals surface area contributed by atoms with Crippen LogP contribution < -0.4 is 10.5 Å². The van der Waals surface area contributed by atoms with E-state index in [0.29, 0.717) is 5.69 Å². The minimum atomic E-state index is -1.08. The van der Waals surface area contributed by atoms with E-state index in [4.69, 9.17) is 15.6 Å². The summed E-state index contributed by atoms with van der Waals surface area (Å²) in [6.07, 6.45) is 3.25. The SMILES string of the molecule is Nc1ccc(C(=O)O)nc1OC1CCC1. The van der Waals surface area contributed by atoms with Gasteiger partial charge in [0.2, 0.25) is 5.88 Å². The molecule has 0 bridgehead atoms. The van der Waals surface area contributed by atoms with Gasteiger partial charge in [0.1, 0.15) is 6.10 Å². The van der Waals surface area contributed by atoms with Gasteiger partial charge in [-0.2, -0.15) is 0 Å². The number of aromatic nitrogens is 1. The summed E-state index contributed by atoms with van der Waals surface area (Å²) >= 11 is 0. The van der Waals surface area contributed by atoms with Crippen molar-refractivity contribution >= 4 is 11.7 Å². The van der Waals surface area contributed by atoms with E-state index in [9.17, 15) is 4.79 Å². The molecule has 0 aromatic carbocycles. The maximum Gasteiger partial charge on any atom is 0.354 e. The Bertz CT molecular complexity index is 388. The summed E-state index contributed by atoms with van der Waals surface area (Å²) < 4.78 is 5.47. The molecule has 0 spiro atoms. The quantitative estimate of drug-likeness (QED) is 0.781. The Kier molecular flexibility index (Phi) is 2.45. The second-order valence-electron chi connectivity index (χ2n) is 3.57. The van der Waals surface area contributed by atoms with E-state index in [2.05, 4.69) is 4.98 Å². The van der Waals surface area contributed by atoms with Crippen LogP contribution in [0.4, 0.5) is 5.69 Å². The number of carboxylic acids is 1. The van der Waals surface area contributed by atoms with Gasteiger partial charge in [-0.15, -0.1) is 0 Å². The minimum Gasteiger partial charge on any atom is -0.477 e. The molecule has 1 aromatic heterocycles. The van der Waals surface area contributed by atoms with Crippen LogP contribution >= 0.6 is 0 Å². The third-order valence-electron chi connectivity index (χ3n) is 2.44. The molecule has 0 aliphatic heterocycles. The van der Waals surface area contributed by atoms with Crippen LogP contribution in [0.5, 0.6) is 5.88 Å². The van der Waals surface area contributed by atoms with Gasteiger partial charge in [-0.25, -0.2) is 9.78 Å². The number of carboxylic acid groups (broad SMARTS) is 1. The number of carbonyl (C=O) groups is 1. The summed E-state index contributed by atoms with van der Waals surface area (Å²) in [7, 11) is 0. The van der Waals surface area contributed by atoms with E-state index in [0.717, 1.165) is 19.3 Å². The summed E-state index contributed by atoms with van der Waals surface area (Å²) in [6, 6.07) is 2.87. The van der Waals surface area contributed by atoms with Gasteiger partial charge in [-0.1, -0.05) is 0 Å². The fourth-order valence-corrected chi connectivity index (χ4v) is 1.31. The second kappa shape index (κ2) is 3.76. The molecule has 0 amide bonds. The van der Waals surface area contributed by atoms with E-state index in [1.165, 1.54) is 12.1 Å². The average molecular weight is 208 g/mol. The highest BCUT2D eigenvalue weighted by Gasteiger charge is 2.21. The third-order valence-corrected chi connectivity index (χ3v) is 2.44. The molecular formula is C10H12N2O3. The molecule has 80 valence electrons. The molecule has 15 heavy (non-hydrogen) atoms. The number of nitrogens with two attached hydrogens (primary N) is 1. The molecule has 5 nitrogen and oxygen atoms in total. The first-order valence-electron chi connectivity index (χ1n) is 4.83. The molecule has 1 aliphatic rings. The molecule has 5 heteroatoms. The first-order chi connectivity index (χ1) is 7.16. The van der Waals surface area contributed by atoms with Crippen molar-refractivity contribution in [1.29, 1.82) is 0 Å². The number of pyridine rings is 1. The summed E-state index contributed by atoms with van der Waals surface area (Å²) in [5, 5.41) is 8.75. The van der Waals surface area contributed by atoms with Crippen molar-refractivity contribution in [1.82, 2.24) is 4.98 Å². The Balaban J connectivity index is 2.19. The van der Waals surface area contributed by atoms with Crippen molar-refractivity contribution in [2.45, 2.75) is 25.4 Å². The zero-order valence-electron chi connectivity index (χ0n) is 8.14. The highest BCUT2D eigenvalue weighted by Crippen LogP contribution is 2.27. The van der Waals surface area contributed by atoms with Gasteiger partial charge in [-0.05, 0) is 31.4 Å². The number of nitrogens with zero attached hydrogens (tertiary/aromatic N) is 1. The van der Waals surface area contributed by atoms with Crippen LogP contribution in [-0.2, 0) is 0 Å². The van der Waals surface area contributed by atoms with Crippen LogP contribution in [0.3, 0.4) is 0 Å². The Morgan fingerprint density at radius 2 is 2.27 bits per heavy atom. The first-order valence-corrected chi connectivity index (χ1v) is 4.83. The Morgan fingerprint density at radius 3 is 2.80 bits per heavy atom. The van der Waals surface area contributed by atoms with E-state index >= 15 is 0 Å². The van der Waals surface area contributed by atoms with Crippen LogP contribution in [-0.4, -0.2) is 22.2 Å². The van der Waals surface area contributed by atoms with Crippen molar-refractivity contribution in [2.75, 3.05) is 5.73 Å². The molecule has 1 saturated carbocycles. The normalized spacial score (nSPS) is 15.7. The average Bonchev–Trinajstić information content (AvgIpc) is 2.13. The molecule has 1 heterocycles. The maximum atomic E-state index is 10.7. The molecular weight excluding hydrogens is 196 g/mol. The van der Waals surface area contributed by atoms with Crippen molar-refractivity contribution in [2.24, 2.45) is 0 Å². The molecule has 0 saturated heterocycles. The lowest BCUT2D eigenvalue weighted by Crippen LogP contribution is -2.25. The first kappa shape index (κ1) is 9.76. The second-order valence-corrected chi connectivity index (χ2v) is 3.57. The zero-order valence-corrected chi connectivity index (χ0v) is 8.14.